The van der Waals surface area contributed by atoms with E-state index in [1.807, 2.05) is 23.5 Å². The normalized spacial score (nSPS) is 13.0. The molecular formula is C17H23BrN2S. The molecule has 0 bridgehead atoms. The average molecular weight is 367 g/mol. The molecule has 0 amide bonds. The van der Waals surface area contributed by atoms with Gasteiger partial charge in [-0.2, -0.15) is 0 Å². The SMILES string of the molecule is CC(C)N(CCC(N)c1ccccc1Br)Cc1cccs1. The van der Waals surface area contributed by atoms with Crippen LogP contribution in [0.5, 0.6) is 0 Å². The van der Waals surface area contributed by atoms with E-state index in [1.54, 1.807) is 0 Å². The Hall–Kier alpha value is -0.680. The highest BCUT2D eigenvalue weighted by Gasteiger charge is 2.15. The van der Waals surface area contributed by atoms with Crippen molar-refractivity contribution in [2.45, 2.75) is 38.9 Å². The van der Waals surface area contributed by atoms with Crippen molar-refractivity contribution in [2.24, 2.45) is 5.73 Å². The van der Waals surface area contributed by atoms with E-state index >= 15 is 0 Å². The van der Waals surface area contributed by atoms with Crippen LogP contribution in [0.25, 0.3) is 0 Å². The minimum Gasteiger partial charge on any atom is -0.324 e. The second-order valence-corrected chi connectivity index (χ2v) is 7.45. The molecule has 1 heterocycles. The molecule has 4 heteroatoms. The van der Waals surface area contributed by atoms with Crippen LogP contribution in [0.3, 0.4) is 0 Å². The molecule has 21 heavy (non-hydrogen) atoms. The van der Waals surface area contributed by atoms with E-state index in [4.69, 9.17) is 5.73 Å². The van der Waals surface area contributed by atoms with E-state index in [-0.39, 0.29) is 6.04 Å². The maximum atomic E-state index is 6.36. The maximum Gasteiger partial charge on any atom is 0.0330 e. The molecule has 0 spiro atoms. The Morgan fingerprint density at radius 1 is 1.19 bits per heavy atom. The number of hydrogen-bond acceptors (Lipinski definition) is 3. The summed E-state index contributed by atoms with van der Waals surface area (Å²) in [6.45, 7) is 6.52. The molecule has 0 saturated heterocycles. The summed E-state index contributed by atoms with van der Waals surface area (Å²) in [6, 6.07) is 13.2. The summed E-state index contributed by atoms with van der Waals surface area (Å²) in [7, 11) is 0. The van der Waals surface area contributed by atoms with Gasteiger partial charge in [0.05, 0.1) is 0 Å². The molecule has 0 fully saturated rings. The molecule has 2 aromatic rings. The van der Waals surface area contributed by atoms with Crippen LogP contribution in [0.4, 0.5) is 0 Å². The van der Waals surface area contributed by atoms with Crippen LogP contribution in [-0.2, 0) is 6.54 Å². The van der Waals surface area contributed by atoms with Gasteiger partial charge in [0, 0.05) is 34.5 Å². The van der Waals surface area contributed by atoms with E-state index in [0.29, 0.717) is 6.04 Å². The lowest BCUT2D eigenvalue weighted by Crippen LogP contribution is -2.32. The summed E-state index contributed by atoms with van der Waals surface area (Å²) in [6.07, 6.45) is 0.964. The van der Waals surface area contributed by atoms with Crippen molar-refractivity contribution in [3.8, 4) is 0 Å². The summed E-state index contributed by atoms with van der Waals surface area (Å²) >= 11 is 5.41. The number of thiophene rings is 1. The molecule has 114 valence electrons. The van der Waals surface area contributed by atoms with Gasteiger partial charge in [0.2, 0.25) is 0 Å². The quantitative estimate of drug-likeness (QED) is 0.761. The van der Waals surface area contributed by atoms with Crippen molar-refractivity contribution < 1.29 is 0 Å². The fourth-order valence-electron chi connectivity index (χ4n) is 2.36. The number of hydrogen-bond donors (Lipinski definition) is 1. The van der Waals surface area contributed by atoms with Gasteiger partial charge in [0.1, 0.15) is 0 Å². The number of nitrogens with zero attached hydrogens (tertiary/aromatic N) is 1. The molecule has 0 radical (unpaired) electrons. The van der Waals surface area contributed by atoms with Gasteiger partial charge in [0.15, 0.2) is 0 Å². The lowest BCUT2D eigenvalue weighted by atomic mass is 10.0. The van der Waals surface area contributed by atoms with E-state index in [9.17, 15) is 0 Å². The first kappa shape index (κ1) is 16.7. The zero-order valence-electron chi connectivity index (χ0n) is 12.6. The Labute approximate surface area is 140 Å². The predicted molar refractivity (Wildman–Crippen MR) is 95.6 cm³/mol. The first-order valence-electron chi connectivity index (χ1n) is 7.34. The summed E-state index contributed by atoms with van der Waals surface area (Å²) < 4.78 is 1.10. The highest BCUT2D eigenvalue weighted by Crippen LogP contribution is 2.24. The molecule has 0 saturated carbocycles. The van der Waals surface area contributed by atoms with Crippen LogP contribution in [-0.4, -0.2) is 17.5 Å². The van der Waals surface area contributed by atoms with Crippen molar-refractivity contribution >= 4 is 27.3 Å². The summed E-state index contributed by atoms with van der Waals surface area (Å²) in [5, 5.41) is 2.14. The fraction of sp³-hybridized carbons (Fsp3) is 0.412. The van der Waals surface area contributed by atoms with Gasteiger partial charge in [-0.25, -0.2) is 0 Å². The molecule has 2 rings (SSSR count). The van der Waals surface area contributed by atoms with E-state index in [0.717, 1.165) is 24.0 Å². The third-order valence-corrected chi connectivity index (χ3v) is 5.28. The Balaban J connectivity index is 1.94. The number of halogens is 1. The molecule has 1 unspecified atom stereocenters. The third kappa shape index (κ3) is 4.92. The van der Waals surface area contributed by atoms with Crippen molar-refractivity contribution in [2.75, 3.05) is 6.54 Å². The lowest BCUT2D eigenvalue weighted by Gasteiger charge is -2.27. The Morgan fingerprint density at radius 2 is 1.95 bits per heavy atom. The van der Waals surface area contributed by atoms with Gasteiger partial charge in [-0.15, -0.1) is 11.3 Å². The topological polar surface area (TPSA) is 29.3 Å². The first-order valence-corrected chi connectivity index (χ1v) is 9.01. The van der Waals surface area contributed by atoms with Crippen molar-refractivity contribution in [1.82, 2.24) is 4.90 Å². The van der Waals surface area contributed by atoms with Gasteiger partial charge in [-0.05, 0) is 43.3 Å². The second-order valence-electron chi connectivity index (χ2n) is 5.56. The van der Waals surface area contributed by atoms with Gasteiger partial charge < -0.3 is 5.73 Å². The largest absolute Gasteiger partial charge is 0.324 e. The third-order valence-electron chi connectivity index (χ3n) is 3.70. The minimum atomic E-state index is 0.0742. The smallest absolute Gasteiger partial charge is 0.0330 e. The Morgan fingerprint density at radius 3 is 2.57 bits per heavy atom. The Kier molecular flexibility index (Phi) is 6.42. The fourth-order valence-corrected chi connectivity index (χ4v) is 3.67. The lowest BCUT2D eigenvalue weighted by molar-refractivity contribution is 0.207. The standard InChI is InChI=1S/C17H23BrN2S/c1-13(2)20(12-14-6-5-11-21-14)10-9-17(19)15-7-3-4-8-16(15)18/h3-8,11,13,17H,9-10,12,19H2,1-2H3. The minimum absolute atomic E-state index is 0.0742. The van der Waals surface area contributed by atoms with Crippen LogP contribution >= 0.6 is 27.3 Å². The summed E-state index contributed by atoms with van der Waals surface area (Å²) in [5.74, 6) is 0. The number of rotatable bonds is 7. The van der Waals surface area contributed by atoms with Crippen molar-refractivity contribution in [3.63, 3.8) is 0 Å². The zero-order valence-corrected chi connectivity index (χ0v) is 15.0. The molecule has 1 aromatic carbocycles. The number of benzene rings is 1. The van der Waals surface area contributed by atoms with E-state index in [1.165, 1.54) is 10.4 Å². The van der Waals surface area contributed by atoms with Crippen molar-refractivity contribution in [3.05, 3.63) is 56.7 Å². The monoisotopic (exact) mass is 366 g/mol. The number of nitrogens with two attached hydrogens (primary N) is 1. The highest BCUT2D eigenvalue weighted by atomic mass is 79.9. The maximum absolute atomic E-state index is 6.36. The van der Waals surface area contributed by atoms with Crippen molar-refractivity contribution in [1.29, 1.82) is 0 Å². The van der Waals surface area contributed by atoms with Gasteiger partial charge in [-0.3, -0.25) is 4.90 Å². The molecular weight excluding hydrogens is 344 g/mol. The predicted octanol–water partition coefficient (Wildman–Crippen LogP) is 4.81. The molecule has 2 nitrogen and oxygen atoms in total. The molecule has 0 aliphatic carbocycles. The second kappa shape index (κ2) is 8.08. The van der Waals surface area contributed by atoms with E-state index in [2.05, 4.69) is 64.3 Å². The van der Waals surface area contributed by atoms with Crippen LogP contribution < -0.4 is 5.73 Å². The highest BCUT2D eigenvalue weighted by molar-refractivity contribution is 9.10. The first-order chi connectivity index (χ1) is 10.1. The Bertz CT molecular complexity index is 539. The average Bonchev–Trinajstić information content (AvgIpc) is 2.96. The zero-order chi connectivity index (χ0) is 15.2. The van der Waals surface area contributed by atoms with Gasteiger partial charge in [0.25, 0.3) is 0 Å². The van der Waals surface area contributed by atoms with Gasteiger partial charge in [-0.1, -0.05) is 40.2 Å². The van der Waals surface area contributed by atoms with Crippen LogP contribution in [0.2, 0.25) is 0 Å². The molecule has 1 aromatic heterocycles. The molecule has 2 N–H and O–H groups in total. The van der Waals surface area contributed by atoms with E-state index < -0.39 is 0 Å². The summed E-state index contributed by atoms with van der Waals surface area (Å²) in [5.41, 5.74) is 7.56. The van der Waals surface area contributed by atoms with Crippen LogP contribution in [0, 0.1) is 0 Å². The molecule has 1 atom stereocenters. The molecule has 0 aliphatic rings. The molecule has 0 aliphatic heterocycles. The summed E-state index contributed by atoms with van der Waals surface area (Å²) in [4.78, 5) is 3.90. The van der Waals surface area contributed by atoms with Crippen LogP contribution in [0.1, 0.15) is 36.8 Å². The van der Waals surface area contributed by atoms with Gasteiger partial charge >= 0.3 is 0 Å². The van der Waals surface area contributed by atoms with Crippen LogP contribution in [0.15, 0.2) is 46.3 Å².